The van der Waals surface area contributed by atoms with Gasteiger partial charge in [-0.2, -0.15) is 0 Å². The molecule has 2 aliphatic rings. The van der Waals surface area contributed by atoms with Crippen LogP contribution in [0.2, 0.25) is 0 Å². The normalized spacial score (nSPS) is 33.4. The van der Waals surface area contributed by atoms with Gasteiger partial charge in [0.2, 0.25) is 0 Å². The molecular formula is C14H26N2O2. The van der Waals surface area contributed by atoms with Crippen molar-refractivity contribution in [3.8, 4) is 0 Å². The predicted octanol–water partition coefficient (Wildman–Crippen LogP) is 1.67. The topological polar surface area (TPSA) is 55.6 Å². The second-order valence-corrected chi connectivity index (χ2v) is 5.50. The number of nitrogens with zero attached hydrogens (tertiary/aromatic N) is 1. The van der Waals surface area contributed by atoms with Crippen molar-refractivity contribution >= 4 is 5.91 Å². The Kier molecular flexibility index (Phi) is 5.01. The van der Waals surface area contributed by atoms with E-state index in [1.54, 1.807) is 0 Å². The Morgan fingerprint density at radius 1 is 1.28 bits per heavy atom. The van der Waals surface area contributed by atoms with Crippen LogP contribution in [0, 0.1) is 0 Å². The molecule has 3 atom stereocenters. The molecule has 1 unspecified atom stereocenters. The Morgan fingerprint density at radius 2 is 2.11 bits per heavy atom. The summed E-state index contributed by atoms with van der Waals surface area (Å²) in [6, 6.07) is 0.417. The van der Waals surface area contributed by atoms with Crippen molar-refractivity contribution in [2.24, 2.45) is 5.73 Å². The zero-order valence-electron chi connectivity index (χ0n) is 11.4. The van der Waals surface area contributed by atoms with Crippen molar-refractivity contribution in [2.45, 2.75) is 70.1 Å². The Hall–Kier alpha value is -0.610. The van der Waals surface area contributed by atoms with E-state index in [4.69, 9.17) is 10.5 Å². The van der Waals surface area contributed by atoms with Gasteiger partial charge in [0.1, 0.15) is 6.10 Å². The summed E-state index contributed by atoms with van der Waals surface area (Å²) >= 11 is 0. The fraction of sp³-hybridized carbons (Fsp3) is 0.929. The minimum absolute atomic E-state index is 0.0889. The quantitative estimate of drug-likeness (QED) is 0.833. The number of carbonyl (C=O) groups is 1. The van der Waals surface area contributed by atoms with Gasteiger partial charge in [-0.3, -0.25) is 4.79 Å². The first-order chi connectivity index (χ1) is 8.76. The molecule has 0 spiro atoms. The molecule has 4 heteroatoms. The highest BCUT2D eigenvalue weighted by atomic mass is 16.5. The molecule has 4 nitrogen and oxygen atoms in total. The monoisotopic (exact) mass is 254 g/mol. The summed E-state index contributed by atoms with van der Waals surface area (Å²) in [6.07, 6.45) is 7.46. The van der Waals surface area contributed by atoms with Crippen LogP contribution in [0.1, 0.15) is 51.9 Å². The number of ether oxygens (including phenoxy) is 1. The maximum atomic E-state index is 12.5. The summed E-state index contributed by atoms with van der Waals surface area (Å²) < 4.78 is 5.74. The Morgan fingerprint density at radius 3 is 2.78 bits per heavy atom. The lowest BCUT2D eigenvalue weighted by molar-refractivity contribution is -0.145. The van der Waals surface area contributed by atoms with Gasteiger partial charge < -0.3 is 15.4 Å². The average molecular weight is 254 g/mol. The highest BCUT2D eigenvalue weighted by Crippen LogP contribution is 2.25. The zero-order valence-corrected chi connectivity index (χ0v) is 11.4. The fourth-order valence-corrected chi connectivity index (χ4v) is 3.14. The molecule has 0 bridgehead atoms. The number of carbonyl (C=O) groups excluding carboxylic acids is 1. The lowest BCUT2D eigenvalue weighted by atomic mass is 10.1. The van der Waals surface area contributed by atoms with Gasteiger partial charge in [0.25, 0.3) is 5.91 Å². The van der Waals surface area contributed by atoms with E-state index in [1.807, 2.05) is 0 Å². The van der Waals surface area contributed by atoms with Crippen LogP contribution in [-0.2, 0) is 9.53 Å². The van der Waals surface area contributed by atoms with E-state index < -0.39 is 0 Å². The van der Waals surface area contributed by atoms with E-state index >= 15 is 0 Å². The van der Waals surface area contributed by atoms with Crippen molar-refractivity contribution in [2.75, 3.05) is 13.1 Å². The largest absolute Gasteiger partial charge is 0.364 e. The van der Waals surface area contributed by atoms with E-state index in [0.29, 0.717) is 12.6 Å². The van der Waals surface area contributed by atoms with Gasteiger partial charge in [-0.05, 0) is 32.1 Å². The van der Waals surface area contributed by atoms with E-state index in [2.05, 4.69) is 11.8 Å². The molecule has 2 aliphatic heterocycles. The highest BCUT2D eigenvalue weighted by molar-refractivity contribution is 5.81. The molecule has 2 N–H and O–H groups in total. The number of hydrogen-bond donors (Lipinski definition) is 1. The molecule has 1 amide bonds. The third kappa shape index (κ3) is 3.04. The van der Waals surface area contributed by atoms with Crippen LogP contribution in [-0.4, -0.2) is 42.1 Å². The van der Waals surface area contributed by atoms with Gasteiger partial charge >= 0.3 is 0 Å². The van der Waals surface area contributed by atoms with Gasteiger partial charge in [0, 0.05) is 19.1 Å². The number of nitrogens with two attached hydrogens (primary N) is 1. The van der Waals surface area contributed by atoms with Crippen molar-refractivity contribution < 1.29 is 9.53 Å². The maximum Gasteiger partial charge on any atom is 0.251 e. The van der Waals surface area contributed by atoms with Crippen LogP contribution in [0.4, 0.5) is 0 Å². The second kappa shape index (κ2) is 6.53. The van der Waals surface area contributed by atoms with Crippen LogP contribution < -0.4 is 5.73 Å². The predicted molar refractivity (Wildman–Crippen MR) is 71.2 cm³/mol. The van der Waals surface area contributed by atoms with Gasteiger partial charge in [0.05, 0.1) is 6.10 Å². The van der Waals surface area contributed by atoms with Crippen molar-refractivity contribution in [1.82, 2.24) is 4.90 Å². The van der Waals surface area contributed by atoms with Crippen LogP contribution in [0.25, 0.3) is 0 Å². The van der Waals surface area contributed by atoms with Crippen LogP contribution in [0.5, 0.6) is 0 Å². The van der Waals surface area contributed by atoms with Crippen LogP contribution >= 0.6 is 0 Å². The molecule has 2 rings (SSSR count). The summed E-state index contributed by atoms with van der Waals surface area (Å²) in [6.45, 7) is 3.61. The van der Waals surface area contributed by atoms with Crippen molar-refractivity contribution in [1.29, 1.82) is 0 Å². The zero-order chi connectivity index (χ0) is 13.0. The summed E-state index contributed by atoms with van der Waals surface area (Å²) in [7, 11) is 0. The van der Waals surface area contributed by atoms with E-state index in [1.165, 1.54) is 12.8 Å². The van der Waals surface area contributed by atoms with Gasteiger partial charge in [-0.25, -0.2) is 0 Å². The number of likely N-dealkylation sites (tertiary alicyclic amines) is 1. The lowest BCUT2D eigenvalue weighted by Gasteiger charge is -2.31. The summed E-state index contributed by atoms with van der Waals surface area (Å²) in [5.41, 5.74) is 5.60. The molecule has 2 heterocycles. The molecular weight excluding hydrogens is 228 g/mol. The third-order valence-corrected chi connectivity index (χ3v) is 4.28. The molecule has 0 aliphatic carbocycles. The highest BCUT2D eigenvalue weighted by Gasteiger charge is 2.35. The minimum atomic E-state index is -0.231. The number of hydrogen-bond acceptors (Lipinski definition) is 3. The maximum absolute atomic E-state index is 12.5. The van der Waals surface area contributed by atoms with Crippen LogP contribution in [0.3, 0.4) is 0 Å². The molecule has 2 saturated heterocycles. The summed E-state index contributed by atoms with van der Waals surface area (Å²) in [4.78, 5) is 14.6. The molecule has 18 heavy (non-hydrogen) atoms. The van der Waals surface area contributed by atoms with Gasteiger partial charge in [-0.15, -0.1) is 0 Å². The Bertz CT molecular complexity index is 283. The van der Waals surface area contributed by atoms with Crippen molar-refractivity contribution in [3.63, 3.8) is 0 Å². The first-order valence-electron chi connectivity index (χ1n) is 7.42. The number of amides is 1. The molecule has 104 valence electrons. The molecule has 2 fully saturated rings. The SMILES string of the molecule is CCC1CCCCCN1C(=O)[C@@H]1CC[C@H](CN)O1. The summed E-state index contributed by atoms with van der Waals surface area (Å²) in [5.74, 6) is 0.208. The minimum Gasteiger partial charge on any atom is -0.364 e. The van der Waals surface area contributed by atoms with E-state index in [9.17, 15) is 4.79 Å². The molecule has 0 radical (unpaired) electrons. The van der Waals surface area contributed by atoms with E-state index in [0.717, 1.165) is 38.6 Å². The standard InChI is InChI=1S/C14H26N2O2/c1-2-11-6-4-3-5-9-16(11)14(17)13-8-7-12(10-15)18-13/h11-13H,2-10,15H2,1H3/t11?,12-,13+/m1/s1. The molecule has 0 aromatic carbocycles. The smallest absolute Gasteiger partial charge is 0.251 e. The summed E-state index contributed by atoms with van der Waals surface area (Å²) in [5, 5.41) is 0. The molecule has 0 saturated carbocycles. The van der Waals surface area contributed by atoms with Crippen LogP contribution in [0.15, 0.2) is 0 Å². The second-order valence-electron chi connectivity index (χ2n) is 5.50. The first kappa shape index (κ1) is 13.8. The lowest BCUT2D eigenvalue weighted by Crippen LogP contribution is -2.45. The molecule has 0 aromatic heterocycles. The fourth-order valence-electron chi connectivity index (χ4n) is 3.14. The molecule has 0 aromatic rings. The number of rotatable bonds is 3. The third-order valence-electron chi connectivity index (χ3n) is 4.28. The average Bonchev–Trinajstić information content (AvgIpc) is 2.75. The van der Waals surface area contributed by atoms with Gasteiger partial charge in [-0.1, -0.05) is 19.8 Å². The Balaban J connectivity index is 1.97. The van der Waals surface area contributed by atoms with Crippen molar-refractivity contribution in [3.05, 3.63) is 0 Å². The van der Waals surface area contributed by atoms with Gasteiger partial charge in [0.15, 0.2) is 0 Å². The Labute approximate surface area is 110 Å². The first-order valence-corrected chi connectivity index (χ1v) is 7.42. The van der Waals surface area contributed by atoms with E-state index in [-0.39, 0.29) is 18.1 Å².